The summed E-state index contributed by atoms with van der Waals surface area (Å²) in [5.41, 5.74) is 0.347. The highest BCUT2D eigenvalue weighted by atomic mass is 35.5. The van der Waals surface area contributed by atoms with Crippen LogP contribution in [-0.2, 0) is 0 Å². The lowest BCUT2D eigenvalue weighted by molar-refractivity contribution is 0.0830. The van der Waals surface area contributed by atoms with Gasteiger partial charge < -0.3 is 5.32 Å². The molecule has 0 fully saturated rings. The van der Waals surface area contributed by atoms with Gasteiger partial charge in [-0.25, -0.2) is 4.90 Å². The predicted octanol–water partition coefficient (Wildman–Crippen LogP) is 9.22. The summed E-state index contributed by atoms with van der Waals surface area (Å²) >= 11 is 49.7. The molecule has 1 N–H and O–H groups in total. The minimum absolute atomic E-state index is 0.120. The smallest absolute Gasteiger partial charge is 0.267 e. The first kappa shape index (κ1) is 28.1. The number of nitrogens with zero attached hydrogens (tertiary/aromatic N) is 1. The van der Waals surface area contributed by atoms with Crippen molar-refractivity contribution in [3.63, 3.8) is 0 Å². The summed E-state index contributed by atoms with van der Waals surface area (Å²) in [7, 11) is 0. The normalized spacial score (nSPS) is 17.9. The van der Waals surface area contributed by atoms with Crippen molar-refractivity contribution in [3.8, 4) is 0 Å². The number of fused-ring (bicyclic) bond motifs is 3. The molecule has 1 atom stereocenters. The molecule has 2 amide bonds. The fraction of sp³-hybridized carbons (Fsp3) is 0.0769. The summed E-state index contributed by atoms with van der Waals surface area (Å²) < 4.78 is 0. The Bertz CT molecular complexity index is 1730. The van der Waals surface area contributed by atoms with Gasteiger partial charge in [0.2, 0.25) is 0 Å². The van der Waals surface area contributed by atoms with E-state index in [0.29, 0.717) is 11.3 Å². The van der Waals surface area contributed by atoms with E-state index in [1.54, 1.807) is 24.3 Å². The molecule has 0 saturated carbocycles. The van der Waals surface area contributed by atoms with Gasteiger partial charge in [-0.15, -0.1) is 0 Å². The number of anilines is 2. The lowest BCUT2D eigenvalue weighted by Gasteiger charge is -2.29. The molecular weight excluding hydrogens is 688 g/mol. The topological polar surface area (TPSA) is 83.6 Å². The number of Topliss-reactive ketones (excluding diaryl/α,β-unsaturated/α-hetero) is 2. The van der Waals surface area contributed by atoms with E-state index in [1.807, 2.05) is 0 Å². The number of benzene rings is 3. The molecule has 2 aliphatic heterocycles. The molecule has 14 heteroatoms. The van der Waals surface area contributed by atoms with Crippen LogP contribution < -0.4 is 10.2 Å². The summed E-state index contributed by atoms with van der Waals surface area (Å²) in [6.45, 7) is 0. The zero-order valence-corrected chi connectivity index (χ0v) is 25.2. The van der Waals surface area contributed by atoms with E-state index in [-0.39, 0.29) is 68.1 Å². The Morgan fingerprint density at radius 1 is 0.600 bits per heavy atom. The average molecular weight is 696 g/mol. The Morgan fingerprint density at radius 3 is 1.52 bits per heavy atom. The van der Waals surface area contributed by atoms with Crippen molar-refractivity contribution in [2.75, 3.05) is 10.2 Å². The first-order valence-electron chi connectivity index (χ1n) is 11.1. The standard InChI is InChI=1S/C26H8Cl8N2O4/c27-14-10-11(15(28)19(32)18(14)31)24(38)9(23(10)37)7-5-4-6-2-1-3-8(22(6)35-7)36-25(39)12-13(26(36)40)17(30)21(34)20(33)16(12)29/h1-5,7,9,35H. The molecule has 0 radical (unpaired) electrons. The molecule has 202 valence electrons. The Kier molecular flexibility index (Phi) is 6.88. The largest absolute Gasteiger partial charge is 0.375 e. The quantitative estimate of drug-likeness (QED) is 0.125. The number of hydrogen-bond acceptors (Lipinski definition) is 5. The zero-order valence-electron chi connectivity index (χ0n) is 19.1. The first-order valence-corrected chi connectivity index (χ1v) is 14.2. The van der Waals surface area contributed by atoms with E-state index in [1.165, 1.54) is 6.07 Å². The summed E-state index contributed by atoms with van der Waals surface area (Å²) in [5.74, 6) is -4.08. The number of para-hydroxylation sites is 1. The molecule has 0 spiro atoms. The van der Waals surface area contributed by atoms with Crippen molar-refractivity contribution in [2.45, 2.75) is 6.04 Å². The maximum atomic E-state index is 13.5. The Balaban J connectivity index is 1.42. The van der Waals surface area contributed by atoms with Crippen LogP contribution in [0.25, 0.3) is 6.08 Å². The number of carbonyl (C=O) groups excluding carboxylic acids is 4. The highest BCUT2D eigenvalue weighted by molar-refractivity contribution is 6.57. The Labute approximate surface area is 265 Å². The van der Waals surface area contributed by atoms with Crippen LogP contribution in [0, 0.1) is 5.92 Å². The van der Waals surface area contributed by atoms with Gasteiger partial charge in [0.1, 0.15) is 5.92 Å². The van der Waals surface area contributed by atoms with Crippen molar-refractivity contribution in [2.24, 2.45) is 5.92 Å². The molecule has 3 aromatic rings. The molecule has 1 aliphatic carbocycles. The number of halogens is 8. The first-order chi connectivity index (χ1) is 18.9. The van der Waals surface area contributed by atoms with Crippen molar-refractivity contribution in [3.05, 3.63) is 92.3 Å². The molecule has 3 aliphatic rings. The van der Waals surface area contributed by atoms with Gasteiger partial charge in [-0.05, 0) is 11.6 Å². The van der Waals surface area contributed by atoms with Crippen molar-refractivity contribution in [1.82, 2.24) is 0 Å². The van der Waals surface area contributed by atoms with Crippen LogP contribution >= 0.6 is 92.8 Å². The number of rotatable bonds is 2. The minimum Gasteiger partial charge on any atom is -0.375 e. The van der Waals surface area contributed by atoms with E-state index in [2.05, 4.69) is 5.32 Å². The van der Waals surface area contributed by atoms with Gasteiger partial charge in [0, 0.05) is 0 Å². The van der Waals surface area contributed by atoms with E-state index in [4.69, 9.17) is 92.8 Å². The lowest BCUT2D eigenvalue weighted by atomic mass is 9.90. The van der Waals surface area contributed by atoms with Gasteiger partial charge >= 0.3 is 0 Å². The molecule has 6 rings (SSSR count). The Morgan fingerprint density at radius 2 is 1.05 bits per heavy atom. The van der Waals surface area contributed by atoms with Crippen molar-refractivity contribution < 1.29 is 19.2 Å². The number of ketones is 2. The second kappa shape index (κ2) is 9.79. The van der Waals surface area contributed by atoms with Crippen LogP contribution in [0.2, 0.25) is 40.2 Å². The molecule has 6 nitrogen and oxygen atoms in total. The maximum Gasteiger partial charge on any atom is 0.267 e. The third kappa shape index (κ3) is 3.71. The maximum absolute atomic E-state index is 13.5. The van der Waals surface area contributed by atoms with Gasteiger partial charge in [-0.1, -0.05) is 117 Å². The van der Waals surface area contributed by atoms with Crippen molar-refractivity contribution in [1.29, 1.82) is 0 Å². The van der Waals surface area contributed by atoms with Crippen LogP contribution in [-0.4, -0.2) is 29.4 Å². The predicted molar refractivity (Wildman–Crippen MR) is 159 cm³/mol. The second-order valence-corrected chi connectivity index (χ2v) is 12.0. The summed E-state index contributed by atoms with van der Waals surface area (Å²) in [6, 6.07) is 3.93. The number of imide groups is 1. The third-order valence-corrected chi connectivity index (χ3v) is 10.5. The number of nitrogens with one attached hydrogen (secondary N) is 1. The van der Waals surface area contributed by atoms with Gasteiger partial charge in [0.05, 0.1) is 79.9 Å². The zero-order chi connectivity index (χ0) is 28.9. The van der Waals surface area contributed by atoms with E-state index in [0.717, 1.165) is 4.90 Å². The molecule has 0 saturated heterocycles. The lowest BCUT2D eigenvalue weighted by Crippen LogP contribution is -2.37. The van der Waals surface area contributed by atoms with Crippen molar-refractivity contribution >= 4 is 134 Å². The van der Waals surface area contributed by atoms with Crippen LogP contribution in [0.15, 0.2) is 24.3 Å². The minimum atomic E-state index is -1.29. The molecule has 2 heterocycles. The molecule has 0 aromatic heterocycles. The number of hydrogen-bond donors (Lipinski definition) is 1. The summed E-state index contributed by atoms with van der Waals surface area (Å²) in [5, 5.41) is 1.73. The highest BCUT2D eigenvalue weighted by Gasteiger charge is 2.48. The SMILES string of the molecule is O=C1c2c(Cl)c(Cl)c(Cl)c(Cl)c2C(=O)C1C1C=Cc2cccc(N3C(=O)c4c(Cl)c(Cl)c(Cl)c(Cl)c4C3=O)c2N1. The van der Waals surface area contributed by atoms with E-state index >= 15 is 0 Å². The fourth-order valence-electron chi connectivity index (χ4n) is 5.08. The molecule has 0 bridgehead atoms. The molecule has 40 heavy (non-hydrogen) atoms. The van der Waals surface area contributed by atoms with Crippen LogP contribution in [0.4, 0.5) is 11.4 Å². The van der Waals surface area contributed by atoms with Crippen LogP contribution in [0.1, 0.15) is 47.0 Å². The van der Waals surface area contributed by atoms with Crippen LogP contribution in [0.3, 0.4) is 0 Å². The van der Waals surface area contributed by atoms with E-state index < -0.39 is 35.3 Å². The van der Waals surface area contributed by atoms with Crippen LogP contribution in [0.5, 0.6) is 0 Å². The summed E-state index contributed by atoms with van der Waals surface area (Å²) in [4.78, 5) is 54.8. The fourth-order valence-corrected chi connectivity index (χ4v) is 7.13. The van der Waals surface area contributed by atoms with Gasteiger partial charge in [-0.3, -0.25) is 19.2 Å². The highest BCUT2D eigenvalue weighted by Crippen LogP contribution is 2.49. The monoisotopic (exact) mass is 692 g/mol. The van der Waals surface area contributed by atoms with Gasteiger partial charge in [-0.2, -0.15) is 0 Å². The molecular formula is C26H8Cl8N2O4. The molecule has 3 aromatic carbocycles. The average Bonchev–Trinajstić information content (AvgIpc) is 3.35. The number of amides is 2. The third-order valence-electron chi connectivity index (χ3n) is 6.89. The second-order valence-electron chi connectivity index (χ2n) is 8.93. The number of carbonyl (C=O) groups is 4. The van der Waals surface area contributed by atoms with Gasteiger partial charge in [0.25, 0.3) is 11.8 Å². The molecule has 1 unspecified atom stereocenters. The Hall–Kier alpha value is -2.00. The van der Waals surface area contributed by atoms with Gasteiger partial charge in [0.15, 0.2) is 11.6 Å². The van der Waals surface area contributed by atoms with E-state index in [9.17, 15) is 19.2 Å². The summed E-state index contributed by atoms with van der Waals surface area (Å²) in [6.07, 6.45) is 3.26.